The molecule has 0 amide bonds. The number of allylic oxidation sites excluding steroid dienone is 1. The minimum atomic E-state index is 0.0514. The maximum atomic E-state index is 9.49. The van der Waals surface area contributed by atoms with Crippen molar-refractivity contribution in [3.05, 3.63) is 106 Å². The molecule has 0 saturated heterocycles. The van der Waals surface area contributed by atoms with E-state index in [1.54, 1.807) is 0 Å². The first-order valence-corrected chi connectivity index (χ1v) is 10.8. The largest absolute Gasteiger partial charge is 0.374 e. The van der Waals surface area contributed by atoms with Gasteiger partial charge < -0.3 is 5.32 Å². The van der Waals surface area contributed by atoms with Crippen molar-refractivity contribution in [3.8, 4) is 0 Å². The summed E-state index contributed by atoms with van der Waals surface area (Å²) in [5.41, 5.74) is 11.6. The van der Waals surface area contributed by atoms with Gasteiger partial charge in [0, 0.05) is 5.69 Å². The monoisotopic (exact) mass is 400 g/mol. The normalized spacial score (nSPS) is 13.0. The number of rotatable bonds is 6. The molecule has 30 heavy (non-hydrogen) atoms. The Morgan fingerprint density at radius 2 is 1.40 bits per heavy atom. The van der Waals surface area contributed by atoms with Gasteiger partial charge in [-0.05, 0) is 66.1 Å². The SMILES string of the molecule is CC.Cc1ccccc1NC(c1ccc(C(NO)=C2CC2)cc1)c1ccccc1C. The molecule has 0 radical (unpaired) electrons. The molecule has 0 heterocycles. The van der Waals surface area contributed by atoms with E-state index < -0.39 is 0 Å². The minimum absolute atomic E-state index is 0.0514. The van der Waals surface area contributed by atoms with Crippen molar-refractivity contribution in [1.29, 1.82) is 0 Å². The first-order chi connectivity index (χ1) is 14.7. The average molecular weight is 401 g/mol. The molecule has 1 fully saturated rings. The van der Waals surface area contributed by atoms with Gasteiger partial charge in [-0.25, -0.2) is 0 Å². The zero-order chi connectivity index (χ0) is 21.5. The molecule has 1 aliphatic rings. The number of para-hydroxylation sites is 1. The lowest BCUT2D eigenvalue weighted by molar-refractivity contribution is 0.224. The number of benzene rings is 3. The summed E-state index contributed by atoms with van der Waals surface area (Å²) in [4.78, 5) is 0. The molecule has 3 aromatic rings. The summed E-state index contributed by atoms with van der Waals surface area (Å²) >= 11 is 0. The van der Waals surface area contributed by atoms with Gasteiger partial charge in [-0.2, -0.15) is 0 Å². The molecule has 3 aromatic carbocycles. The summed E-state index contributed by atoms with van der Waals surface area (Å²) < 4.78 is 0. The van der Waals surface area contributed by atoms with Crippen molar-refractivity contribution in [1.82, 2.24) is 5.48 Å². The van der Waals surface area contributed by atoms with E-state index in [1.807, 2.05) is 13.8 Å². The zero-order valence-electron chi connectivity index (χ0n) is 18.4. The summed E-state index contributed by atoms with van der Waals surface area (Å²) in [5.74, 6) is 0. The summed E-state index contributed by atoms with van der Waals surface area (Å²) in [5, 5.41) is 13.2. The number of aryl methyl sites for hydroxylation is 2. The Kier molecular flexibility index (Phi) is 7.31. The highest BCUT2D eigenvalue weighted by atomic mass is 16.5. The predicted molar refractivity (Wildman–Crippen MR) is 127 cm³/mol. The summed E-state index contributed by atoms with van der Waals surface area (Å²) in [7, 11) is 0. The summed E-state index contributed by atoms with van der Waals surface area (Å²) in [6.07, 6.45) is 2.12. The van der Waals surface area contributed by atoms with Gasteiger partial charge in [-0.15, -0.1) is 0 Å². The van der Waals surface area contributed by atoms with E-state index in [-0.39, 0.29) is 6.04 Å². The van der Waals surface area contributed by atoms with Crippen molar-refractivity contribution >= 4 is 11.4 Å². The molecule has 0 aliphatic heterocycles. The lowest BCUT2D eigenvalue weighted by Gasteiger charge is -2.24. The molecule has 3 N–H and O–H groups in total. The second-order valence-corrected chi connectivity index (χ2v) is 7.46. The molecule has 1 atom stereocenters. The van der Waals surface area contributed by atoms with Crippen LogP contribution in [0.4, 0.5) is 5.69 Å². The lowest BCUT2D eigenvalue weighted by atomic mass is 9.93. The van der Waals surface area contributed by atoms with Crippen LogP contribution in [0.25, 0.3) is 5.70 Å². The van der Waals surface area contributed by atoms with Crippen LogP contribution in [0.3, 0.4) is 0 Å². The Balaban J connectivity index is 0.00000124. The van der Waals surface area contributed by atoms with Gasteiger partial charge in [0.2, 0.25) is 0 Å². The number of nitrogens with one attached hydrogen (secondary N) is 2. The van der Waals surface area contributed by atoms with Gasteiger partial charge in [0.25, 0.3) is 0 Å². The smallest absolute Gasteiger partial charge is 0.0770 e. The number of hydroxylamine groups is 1. The van der Waals surface area contributed by atoms with Crippen LogP contribution in [-0.2, 0) is 0 Å². The first-order valence-electron chi connectivity index (χ1n) is 10.8. The second kappa shape index (κ2) is 10.1. The van der Waals surface area contributed by atoms with E-state index in [1.165, 1.54) is 27.8 Å². The average Bonchev–Trinajstić information content (AvgIpc) is 3.62. The Bertz CT molecular complexity index is 999. The van der Waals surface area contributed by atoms with Gasteiger partial charge in [-0.3, -0.25) is 10.7 Å². The van der Waals surface area contributed by atoms with Crippen molar-refractivity contribution in [2.24, 2.45) is 0 Å². The van der Waals surface area contributed by atoms with Crippen molar-refractivity contribution in [2.75, 3.05) is 5.32 Å². The van der Waals surface area contributed by atoms with Crippen LogP contribution >= 0.6 is 0 Å². The van der Waals surface area contributed by atoms with Crippen molar-refractivity contribution < 1.29 is 5.21 Å². The van der Waals surface area contributed by atoms with Crippen LogP contribution in [0.1, 0.15) is 60.5 Å². The highest BCUT2D eigenvalue weighted by molar-refractivity contribution is 5.69. The molecule has 4 rings (SSSR count). The Hall–Kier alpha value is -3.04. The molecule has 0 spiro atoms. The minimum Gasteiger partial charge on any atom is -0.374 e. The maximum Gasteiger partial charge on any atom is 0.0770 e. The predicted octanol–water partition coefficient (Wildman–Crippen LogP) is 7.01. The molecule has 3 heteroatoms. The number of hydrogen-bond acceptors (Lipinski definition) is 3. The third-order valence-electron chi connectivity index (χ3n) is 5.44. The number of anilines is 1. The third kappa shape index (κ3) is 4.92. The molecule has 3 nitrogen and oxygen atoms in total. The summed E-state index contributed by atoms with van der Waals surface area (Å²) in [6.45, 7) is 8.28. The first kappa shape index (κ1) is 21.7. The van der Waals surface area contributed by atoms with E-state index in [0.29, 0.717) is 0 Å². The molecular formula is C27H32N2O. The van der Waals surface area contributed by atoms with E-state index in [4.69, 9.17) is 0 Å². The van der Waals surface area contributed by atoms with Crippen molar-refractivity contribution in [3.63, 3.8) is 0 Å². The molecular weight excluding hydrogens is 368 g/mol. The lowest BCUT2D eigenvalue weighted by Crippen LogP contribution is -2.14. The Morgan fingerprint density at radius 1 is 0.800 bits per heavy atom. The molecule has 156 valence electrons. The highest BCUT2D eigenvalue weighted by Crippen LogP contribution is 2.36. The van der Waals surface area contributed by atoms with Crippen LogP contribution < -0.4 is 10.8 Å². The van der Waals surface area contributed by atoms with Gasteiger partial charge in [-0.1, -0.05) is 80.6 Å². The molecule has 0 bridgehead atoms. The Labute approximate surface area is 180 Å². The molecule has 1 saturated carbocycles. The zero-order valence-corrected chi connectivity index (χ0v) is 18.4. The van der Waals surface area contributed by atoms with Crippen LogP contribution in [0.5, 0.6) is 0 Å². The standard InChI is InChI=1S/C25H26N2O.C2H6/c1-17-7-3-5-9-22(17)25(26-23-10-6-4-8-18(23)2)21-15-13-20(14-16-21)24(27-28)19-11-12-19;1-2/h3-10,13-16,25-28H,11-12H2,1-2H3;1-2H3. The van der Waals surface area contributed by atoms with Crippen LogP contribution in [0.2, 0.25) is 0 Å². The van der Waals surface area contributed by atoms with E-state index in [2.05, 4.69) is 97.4 Å². The third-order valence-corrected chi connectivity index (χ3v) is 5.44. The van der Waals surface area contributed by atoms with Crippen LogP contribution in [0, 0.1) is 13.8 Å². The molecule has 0 aromatic heterocycles. The van der Waals surface area contributed by atoms with Gasteiger partial charge in [0.05, 0.1) is 11.7 Å². The second-order valence-electron chi connectivity index (χ2n) is 7.46. The van der Waals surface area contributed by atoms with Crippen LogP contribution in [-0.4, -0.2) is 5.21 Å². The maximum absolute atomic E-state index is 9.49. The van der Waals surface area contributed by atoms with Gasteiger partial charge >= 0.3 is 0 Å². The Morgan fingerprint density at radius 3 is 1.97 bits per heavy atom. The quantitative estimate of drug-likeness (QED) is 0.390. The van der Waals surface area contributed by atoms with E-state index >= 15 is 0 Å². The van der Waals surface area contributed by atoms with E-state index in [0.717, 1.165) is 29.8 Å². The highest BCUT2D eigenvalue weighted by Gasteiger charge is 2.20. The van der Waals surface area contributed by atoms with Crippen molar-refractivity contribution in [2.45, 2.75) is 46.6 Å². The fourth-order valence-electron chi connectivity index (χ4n) is 3.64. The van der Waals surface area contributed by atoms with Gasteiger partial charge in [0.1, 0.15) is 0 Å². The molecule has 1 aliphatic carbocycles. The van der Waals surface area contributed by atoms with E-state index in [9.17, 15) is 5.21 Å². The molecule has 1 unspecified atom stereocenters. The van der Waals surface area contributed by atoms with Crippen LogP contribution in [0.15, 0.2) is 78.4 Å². The topological polar surface area (TPSA) is 44.3 Å². The fourth-order valence-corrected chi connectivity index (χ4v) is 3.64. The number of hydrogen-bond donors (Lipinski definition) is 3. The fraction of sp³-hybridized carbons (Fsp3) is 0.259. The summed E-state index contributed by atoms with van der Waals surface area (Å²) in [6, 6.07) is 25.4. The van der Waals surface area contributed by atoms with Gasteiger partial charge in [0.15, 0.2) is 0 Å².